The third-order valence-electron chi connectivity index (χ3n) is 4.44. The van der Waals surface area contributed by atoms with E-state index < -0.39 is 5.92 Å². The molecular weight excluding hydrogens is 274 g/mol. The molecule has 1 aliphatic rings. The molecule has 0 N–H and O–H groups in total. The molecule has 1 amide bonds. The number of rotatable bonds is 3. The van der Waals surface area contributed by atoms with Gasteiger partial charge in [-0.15, -0.1) is 0 Å². The first-order valence-electron chi connectivity index (χ1n) is 8.44. The number of hydrogen-bond donors (Lipinski definition) is 0. The Bertz CT molecular complexity index is 475. The molecule has 0 saturated heterocycles. The lowest BCUT2D eigenvalue weighted by Crippen LogP contribution is -2.36. The van der Waals surface area contributed by atoms with Crippen LogP contribution < -0.4 is 0 Å². The second-order valence-corrected chi connectivity index (χ2v) is 8.61. The molecule has 1 rings (SSSR count). The quantitative estimate of drug-likeness (QED) is 0.732. The first-order chi connectivity index (χ1) is 9.91. The van der Waals surface area contributed by atoms with Crippen molar-refractivity contribution in [3.63, 3.8) is 0 Å². The second-order valence-electron chi connectivity index (χ2n) is 8.61. The number of likely N-dealkylation sites (N-methyl/N-ethyl adjacent to an activating group) is 1. The summed E-state index contributed by atoms with van der Waals surface area (Å²) in [5.41, 5.74) is 1.63. The number of ketones is 1. The lowest BCUT2D eigenvalue weighted by atomic mass is 9.71. The van der Waals surface area contributed by atoms with Crippen LogP contribution in [-0.2, 0) is 9.59 Å². The normalized spacial score (nSPS) is 21.5. The maximum atomic E-state index is 13.2. The van der Waals surface area contributed by atoms with Crippen LogP contribution in [0.1, 0.15) is 67.7 Å². The highest BCUT2D eigenvalue weighted by Gasteiger charge is 2.42. The topological polar surface area (TPSA) is 37.4 Å². The molecule has 0 saturated carbocycles. The summed E-state index contributed by atoms with van der Waals surface area (Å²) in [5.74, 6) is -0.460. The van der Waals surface area contributed by atoms with E-state index in [0.29, 0.717) is 13.0 Å². The molecule has 0 aromatic heterocycles. The standard InChI is InChI=1S/C19H33NO2/c1-9-10-11-13-16(21)15(19(5,6)7)14(18(2,3)4)12-20(8)17(13)22/h13H,9-12H2,1-8H3. The molecule has 22 heavy (non-hydrogen) atoms. The van der Waals surface area contributed by atoms with Crippen LogP contribution >= 0.6 is 0 Å². The number of unbranched alkanes of at least 4 members (excludes halogenated alkanes) is 1. The van der Waals surface area contributed by atoms with Crippen molar-refractivity contribution >= 4 is 11.7 Å². The van der Waals surface area contributed by atoms with Crippen molar-refractivity contribution < 1.29 is 9.59 Å². The van der Waals surface area contributed by atoms with Gasteiger partial charge in [0, 0.05) is 19.2 Å². The van der Waals surface area contributed by atoms with Crippen molar-refractivity contribution in [2.75, 3.05) is 13.6 Å². The predicted octanol–water partition coefficient (Wildman–Crippen LogP) is 4.22. The highest BCUT2D eigenvalue weighted by atomic mass is 16.2. The zero-order chi connectivity index (χ0) is 17.3. The molecule has 0 radical (unpaired) electrons. The van der Waals surface area contributed by atoms with Crippen LogP contribution in [0, 0.1) is 16.7 Å². The van der Waals surface area contributed by atoms with Crippen molar-refractivity contribution in [2.45, 2.75) is 67.7 Å². The van der Waals surface area contributed by atoms with E-state index in [0.717, 1.165) is 24.0 Å². The van der Waals surface area contributed by atoms with Crippen LogP contribution in [0.2, 0.25) is 0 Å². The summed E-state index contributed by atoms with van der Waals surface area (Å²) in [6, 6.07) is 0. The Morgan fingerprint density at radius 2 is 1.59 bits per heavy atom. The van der Waals surface area contributed by atoms with Crippen LogP contribution in [0.5, 0.6) is 0 Å². The van der Waals surface area contributed by atoms with Crippen molar-refractivity contribution in [1.82, 2.24) is 4.90 Å². The molecular formula is C19H33NO2. The molecule has 1 aliphatic heterocycles. The van der Waals surface area contributed by atoms with E-state index in [1.807, 2.05) is 7.05 Å². The van der Waals surface area contributed by atoms with Gasteiger partial charge in [0.05, 0.1) is 0 Å². The predicted molar refractivity (Wildman–Crippen MR) is 91.6 cm³/mol. The fourth-order valence-corrected chi connectivity index (χ4v) is 3.19. The molecule has 3 heteroatoms. The molecule has 1 unspecified atom stereocenters. The van der Waals surface area contributed by atoms with E-state index in [4.69, 9.17) is 0 Å². The summed E-state index contributed by atoms with van der Waals surface area (Å²) >= 11 is 0. The van der Waals surface area contributed by atoms with Crippen molar-refractivity contribution in [1.29, 1.82) is 0 Å². The monoisotopic (exact) mass is 307 g/mol. The number of nitrogens with zero attached hydrogens (tertiary/aromatic N) is 1. The highest BCUT2D eigenvalue weighted by Crippen LogP contribution is 2.41. The third-order valence-corrected chi connectivity index (χ3v) is 4.44. The van der Waals surface area contributed by atoms with Gasteiger partial charge in [-0.1, -0.05) is 61.3 Å². The summed E-state index contributed by atoms with van der Waals surface area (Å²) in [4.78, 5) is 27.6. The second kappa shape index (κ2) is 6.55. The summed E-state index contributed by atoms with van der Waals surface area (Å²) in [5, 5.41) is 0. The summed E-state index contributed by atoms with van der Waals surface area (Å²) in [7, 11) is 1.83. The molecule has 0 fully saturated rings. The fraction of sp³-hybridized carbons (Fsp3) is 0.789. The van der Waals surface area contributed by atoms with Gasteiger partial charge in [-0.3, -0.25) is 9.59 Å². The Kier molecular flexibility index (Phi) is 5.64. The van der Waals surface area contributed by atoms with Crippen LogP contribution in [0.3, 0.4) is 0 Å². The van der Waals surface area contributed by atoms with Crippen molar-refractivity contribution in [2.24, 2.45) is 16.7 Å². The Labute approximate surface area is 136 Å². The molecule has 0 bridgehead atoms. The molecule has 3 nitrogen and oxygen atoms in total. The molecule has 0 aromatic carbocycles. The minimum Gasteiger partial charge on any atom is -0.341 e. The van der Waals surface area contributed by atoms with Gasteiger partial charge in [0.2, 0.25) is 5.91 Å². The largest absolute Gasteiger partial charge is 0.341 e. The van der Waals surface area contributed by atoms with Crippen LogP contribution in [0.4, 0.5) is 0 Å². The molecule has 0 aromatic rings. The average Bonchev–Trinajstić information content (AvgIpc) is 2.43. The number of Topliss-reactive ketones (excluding diaryl/α,β-unsaturated/α-hetero) is 1. The molecule has 1 atom stereocenters. The maximum Gasteiger partial charge on any atom is 0.233 e. The van der Waals surface area contributed by atoms with Gasteiger partial charge in [-0.25, -0.2) is 0 Å². The zero-order valence-corrected chi connectivity index (χ0v) is 15.7. The Hall–Kier alpha value is -1.12. The van der Waals surface area contributed by atoms with Gasteiger partial charge >= 0.3 is 0 Å². The number of hydrogen-bond acceptors (Lipinski definition) is 2. The zero-order valence-electron chi connectivity index (χ0n) is 15.7. The molecule has 126 valence electrons. The van der Waals surface area contributed by atoms with Gasteiger partial charge < -0.3 is 4.90 Å². The smallest absolute Gasteiger partial charge is 0.233 e. The maximum absolute atomic E-state index is 13.2. The van der Waals surface area contributed by atoms with Gasteiger partial charge in [0.25, 0.3) is 0 Å². The first kappa shape index (κ1) is 18.9. The fourth-order valence-electron chi connectivity index (χ4n) is 3.19. The number of amides is 1. The van der Waals surface area contributed by atoms with E-state index in [1.54, 1.807) is 4.90 Å². The first-order valence-corrected chi connectivity index (χ1v) is 8.44. The van der Waals surface area contributed by atoms with Gasteiger partial charge in [-0.2, -0.15) is 0 Å². The Morgan fingerprint density at radius 3 is 2.00 bits per heavy atom. The molecule has 0 spiro atoms. The lowest BCUT2D eigenvalue weighted by Gasteiger charge is -2.32. The SMILES string of the molecule is CCCCC1C(=O)C(C(C)(C)C)=C(C(C)(C)C)CN(C)C1=O. The third kappa shape index (κ3) is 3.99. The van der Waals surface area contributed by atoms with Gasteiger partial charge in [0.1, 0.15) is 5.92 Å². The Balaban J connectivity index is 3.48. The summed E-state index contributed by atoms with van der Waals surface area (Å²) in [6.07, 6.45) is 2.58. The number of carbonyl (C=O) groups is 2. The van der Waals surface area contributed by atoms with Crippen molar-refractivity contribution in [3.8, 4) is 0 Å². The van der Waals surface area contributed by atoms with E-state index in [2.05, 4.69) is 48.5 Å². The van der Waals surface area contributed by atoms with Crippen LogP contribution in [-0.4, -0.2) is 30.2 Å². The van der Waals surface area contributed by atoms with Gasteiger partial charge in [-0.05, 0) is 22.8 Å². The van der Waals surface area contributed by atoms with Crippen LogP contribution in [0.15, 0.2) is 11.1 Å². The highest BCUT2D eigenvalue weighted by molar-refractivity contribution is 6.11. The molecule has 0 aliphatic carbocycles. The Morgan fingerprint density at radius 1 is 1.05 bits per heavy atom. The minimum absolute atomic E-state index is 0.0144. The number of allylic oxidation sites excluding steroid dienone is 1. The van der Waals surface area contributed by atoms with E-state index >= 15 is 0 Å². The van der Waals surface area contributed by atoms with E-state index in [1.165, 1.54) is 0 Å². The molecule has 1 heterocycles. The minimum atomic E-state index is -0.501. The van der Waals surface area contributed by atoms with E-state index in [9.17, 15) is 9.59 Å². The lowest BCUT2D eigenvalue weighted by molar-refractivity contribution is -0.138. The average molecular weight is 307 g/mol. The summed E-state index contributed by atoms with van der Waals surface area (Å²) in [6.45, 7) is 15.3. The number of carbonyl (C=O) groups excluding carboxylic acids is 2. The van der Waals surface area contributed by atoms with Crippen molar-refractivity contribution in [3.05, 3.63) is 11.1 Å². The van der Waals surface area contributed by atoms with Gasteiger partial charge in [0.15, 0.2) is 5.78 Å². The summed E-state index contributed by atoms with van der Waals surface area (Å²) < 4.78 is 0. The van der Waals surface area contributed by atoms with Crippen LogP contribution in [0.25, 0.3) is 0 Å². The van der Waals surface area contributed by atoms with E-state index in [-0.39, 0.29) is 22.5 Å².